The van der Waals surface area contributed by atoms with Gasteiger partial charge in [0.25, 0.3) is 5.91 Å². The molecule has 28 heavy (non-hydrogen) atoms. The lowest BCUT2D eigenvalue weighted by Crippen LogP contribution is -2.18. The second-order valence-electron chi connectivity index (χ2n) is 5.95. The van der Waals surface area contributed by atoms with Gasteiger partial charge < -0.3 is 4.74 Å². The van der Waals surface area contributed by atoms with Crippen LogP contribution in [0.15, 0.2) is 82.4 Å². The van der Waals surface area contributed by atoms with E-state index in [1.165, 1.54) is 6.21 Å². The highest BCUT2D eigenvalue weighted by molar-refractivity contribution is 9.10. The molecular weight excluding hydrogens is 420 g/mol. The summed E-state index contributed by atoms with van der Waals surface area (Å²) in [7, 11) is 0. The van der Waals surface area contributed by atoms with Gasteiger partial charge in [-0.1, -0.05) is 52.3 Å². The molecule has 0 radical (unpaired) electrons. The number of carbonyl (C=O) groups excluding carboxylic acids is 2. The summed E-state index contributed by atoms with van der Waals surface area (Å²) in [5, 5.41) is 4.00. The number of ether oxygens (including phenoxy) is 1. The van der Waals surface area contributed by atoms with Crippen molar-refractivity contribution in [1.82, 2.24) is 5.43 Å². The summed E-state index contributed by atoms with van der Waals surface area (Å²) in [5.74, 6) is -0.445. The number of halogens is 1. The quantitative estimate of drug-likeness (QED) is 0.271. The molecular formula is C22H17BrN2O3. The number of amides is 1. The van der Waals surface area contributed by atoms with Crippen LogP contribution in [0.25, 0.3) is 0 Å². The monoisotopic (exact) mass is 436 g/mol. The third kappa shape index (κ3) is 4.92. The molecule has 0 unspecified atom stereocenters. The van der Waals surface area contributed by atoms with Crippen LogP contribution in [0.3, 0.4) is 0 Å². The predicted molar refractivity (Wildman–Crippen MR) is 112 cm³/mol. The zero-order chi connectivity index (χ0) is 19.9. The molecule has 0 fully saturated rings. The lowest BCUT2D eigenvalue weighted by atomic mass is 10.1. The summed E-state index contributed by atoms with van der Waals surface area (Å²) in [5.41, 5.74) is 4.89. The van der Waals surface area contributed by atoms with Crippen molar-refractivity contribution >= 4 is 34.0 Å². The number of hydrogen-bond acceptors (Lipinski definition) is 4. The molecule has 0 spiro atoms. The second-order valence-corrected chi connectivity index (χ2v) is 6.87. The van der Waals surface area contributed by atoms with E-state index in [-0.39, 0.29) is 5.91 Å². The first-order valence-corrected chi connectivity index (χ1v) is 9.30. The first kappa shape index (κ1) is 19.5. The number of rotatable bonds is 5. The van der Waals surface area contributed by atoms with Crippen LogP contribution in [0.1, 0.15) is 31.8 Å². The fourth-order valence-electron chi connectivity index (χ4n) is 2.49. The average molecular weight is 437 g/mol. The number of nitrogens with zero attached hydrogens (tertiary/aromatic N) is 1. The van der Waals surface area contributed by atoms with Gasteiger partial charge in [-0.3, -0.25) is 4.79 Å². The van der Waals surface area contributed by atoms with E-state index in [4.69, 9.17) is 4.74 Å². The minimum absolute atomic E-state index is 0.313. The van der Waals surface area contributed by atoms with Crippen molar-refractivity contribution in [3.63, 3.8) is 0 Å². The molecule has 3 aromatic carbocycles. The number of hydrogen-bond donors (Lipinski definition) is 1. The van der Waals surface area contributed by atoms with E-state index in [2.05, 4.69) is 26.5 Å². The van der Waals surface area contributed by atoms with E-state index in [1.54, 1.807) is 54.6 Å². The summed E-state index contributed by atoms with van der Waals surface area (Å²) in [6.07, 6.45) is 1.44. The predicted octanol–water partition coefficient (Wildman–Crippen LogP) is 4.74. The van der Waals surface area contributed by atoms with Gasteiger partial charge in [-0.2, -0.15) is 5.10 Å². The molecule has 140 valence electrons. The van der Waals surface area contributed by atoms with Crippen molar-refractivity contribution < 1.29 is 14.3 Å². The first-order valence-electron chi connectivity index (χ1n) is 8.50. The molecule has 1 N–H and O–H groups in total. The van der Waals surface area contributed by atoms with Crippen molar-refractivity contribution in [2.24, 2.45) is 5.10 Å². The van der Waals surface area contributed by atoms with Gasteiger partial charge in [0.2, 0.25) is 0 Å². The van der Waals surface area contributed by atoms with Crippen molar-refractivity contribution in [3.05, 3.63) is 99.5 Å². The van der Waals surface area contributed by atoms with E-state index in [0.717, 1.165) is 10.0 Å². The van der Waals surface area contributed by atoms with E-state index >= 15 is 0 Å². The van der Waals surface area contributed by atoms with E-state index in [9.17, 15) is 9.59 Å². The SMILES string of the molecule is Cc1ccccc1C(=O)NN=Cc1cc(Br)ccc1OC(=O)c1ccccc1. The van der Waals surface area contributed by atoms with E-state index < -0.39 is 5.97 Å². The van der Waals surface area contributed by atoms with Gasteiger partial charge in [0, 0.05) is 15.6 Å². The topological polar surface area (TPSA) is 67.8 Å². The standard InChI is InChI=1S/C22H17BrN2O3/c1-15-7-5-6-10-19(15)21(26)25-24-14-17-13-18(23)11-12-20(17)28-22(27)16-8-3-2-4-9-16/h2-14H,1H3,(H,25,26). The van der Waals surface area contributed by atoms with E-state index in [0.29, 0.717) is 22.4 Å². The molecule has 0 aliphatic heterocycles. The lowest BCUT2D eigenvalue weighted by Gasteiger charge is -2.08. The number of carbonyl (C=O) groups is 2. The Morgan fingerprint density at radius 2 is 1.71 bits per heavy atom. The molecule has 0 aliphatic carbocycles. The molecule has 0 atom stereocenters. The van der Waals surface area contributed by atoms with Crippen LogP contribution in [0.4, 0.5) is 0 Å². The highest BCUT2D eigenvalue weighted by Gasteiger charge is 2.11. The Bertz CT molecular complexity index is 1030. The average Bonchev–Trinajstić information content (AvgIpc) is 2.70. The summed E-state index contributed by atoms with van der Waals surface area (Å²) in [4.78, 5) is 24.6. The van der Waals surface area contributed by atoms with E-state index in [1.807, 2.05) is 25.1 Å². The third-order valence-corrected chi connectivity index (χ3v) is 4.44. The normalized spacial score (nSPS) is 10.6. The number of hydrazone groups is 1. The molecule has 0 saturated carbocycles. The van der Waals surface area contributed by atoms with Crippen LogP contribution in [-0.4, -0.2) is 18.1 Å². The highest BCUT2D eigenvalue weighted by atomic mass is 79.9. The molecule has 3 rings (SSSR count). The zero-order valence-corrected chi connectivity index (χ0v) is 16.6. The van der Waals surface area contributed by atoms with Crippen LogP contribution in [0.5, 0.6) is 5.75 Å². The molecule has 0 saturated heterocycles. The van der Waals surface area contributed by atoms with Gasteiger partial charge in [0.15, 0.2) is 0 Å². The smallest absolute Gasteiger partial charge is 0.343 e. The van der Waals surface area contributed by atoms with Gasteiger partial charge >= 0.3 is 5.97 Å². The second kappa shape index (κ2) is 9.10. The summed E-state index contributed by atoms with van der Waals surface area (Å²) >= 11 is 3.39. The van der Waals surface area contributed by atoms with Crippen LogP contribution >= 0.6 is 15.9 Å². The Labute approximate surface area is 171 Å². The minimum atomic E-state index is -0.471. The lowest BCUT2D eigenvalue weighted by molar-refractivity contribution is 0.0734. The minimum Gasteiger partial charge on any atom is -0.422 e. The molecule has 0 heterocycles. The van der Waals surface area contributed by atoms with Gasteiger partial charge in [0.1, 0.15) is 5.75 Å². The largest absolute Gasteiger partial charge is 0.422 e. The highest BCUT2D eigenvalue weighted by Crippen LogP contribution is 2.23. The Hall–Kier alpha value is -3.25. The van der Waals surface area contributed by atoms with Crippen molar-refractivity contribution in [2.45, 2.75) is 6.92 Å². The molecule has 3 aromatic rings. The number of benzene rings is 3. The number of nitrogens with one attached hydrogen (secondary N) is 1. The molecule has 1 amide bonds. The number of esters is 1. The fourth-order valence-corrected chi connectivity index (χ4v) is 2.87. The fraction of sp³-hybridized carbons (Fsp3) is 0.0455. The van der Waals surface area contributed by atoms with Crippen LogP contribution < -0.4 is 10.2 Å². The van der Waals surface area contributed by atoms with Crippen molar-refractivity contribution in [3.8, 4) is 5.75 Å². The Balaban J connectivity index is 1.75. The Kier molecular flexibility index (Phi) is 6.34. The molecule has 0 bridgehead atoms. The molecule has 6 heteroatoms. The first-order chi connectivity index (χ1) is 13.5. The number of aryl methyl sites for hydroxylation is 1. The van der Waals surface area contributed by atoms with Crippen molar-refractivity contribution in [1.29, 1.82) is 0 Å². The molecule has 5 nitrogen and oxygen atoms in total. The molecule has 0 aromatic heterocycles. The zero-order valence-electron chi connectivity index (χ0n) is 15.1. The summed E-state index contributed by atoms with van der Waals surface area (Å²) in [6, 6.07) is 21.1. The van der Waals surface area contributed by atoms with Crippen LogP contribution in [-0.2, 0) is 0 Å². The third-order valence-electron chi connectivity index (χ3n) is 3.94. The summed E-state index contributed by atoms with van der Waals surface area (Å²) < 4.78 is 6.27. The van der Waals surface area contributed by atoms with Gasteiger partial charge in [-0.15, -0.1) is 0 Å². The van der Waals surface area contributed by atoms with Gasteiger partial charge in [0.05, 0.1) is 11.8 Å². The Morgan fingerprint density at radius 3 is 2.46 bits per heavy atom. The summed E-state index contributed by atoms with van der Waals surface area (Å²) in [6.45, 7) is 1.86. The van der Waals surface area contributed by atoms with Gasteiger partial charge in [-0.25, -0.2) is 10.2 Å². The maximum atomic E-state index is 12.3. The van der Waals surface area contributed by atoms with Crippen LogP contribution in [0.2, 0.25) is 0 Å². The Morgan fingerprint density at radius 1 is 1.00 bits per heavy atom. The maximum Gasteiger partial charge on any atom is 0.343 e. The van der Waals surface area contributed by atoms with Crippen molar-refractivity contribution in [2.75, 3.05) is 0 Å². The maximum absolute atomic E-state index is 12.3. The van der Waals surface area contributed by atoms with Gasteiger partial charge in [-0.05, 0) is 48.9 Å². The van der Waals surface area contributed by atoms with Crippen LogP contribution in [0, 0.1) is 6.92 Å². The molecule has 0 aliphatic rings.